The number of H-pyrrole nitrogens is 3. The number of ether oxygens (including phenoxy) is 3. The van der Waals surface area contributed by atoms with E-state index in [1.165, 1.54) is 0 Å². The number of hydrogen-bond acceptors (Lipinski definition) is 18. The molecule has 7 amide bonds. The number of nitrogens with one attached hydrogen (secondary N) is 7. The molecule has 9 heterocycles. The summed E-state index contributed by atoms with van der Waals surface area (Å²) in [6.45, 7) is 10.1. The third-order valence-electron chi connectivity index (χ3n) is 26.0. The Hall–Kier alpha value is -11.2. The Morgan fingerprint density at radius 3 is 1.00 bits per heavy atom. The van der Waals surface area contributed by atoms with Crippen molar-refractivity contribution >= 4 is 79.8 Å². The smallest absolute Gasteiger partial charge is 0.314 e. The minimum atomic E-state index is -0.394. The van der Waals surface area contributed by atoms with Crippen LogP contribution in [-0.2, 0) is 28.8 Å². The number of Topliss-reactive ketones (excluding diaryl/α,β-unsaturated/α-hetero) is 3. The number of aromatic amines is 3. The minimum absolute atomic E-state index is 0.0339. The summed E-state index contributed by atoms with van der Waals surface area (Å²) in [7, 11) is 4.82. The summed E-state index contributed by atoms with van der Waals surface area (Å²) in [6.07, 6.45) is 27.0. The summed E-state index contributed by atoms with van der Waals surface area (Å²) >= 11 is 0. The van der Waals surface area contributed by atoms with E-state index < -0.39 is 12.1 Å². The Balaban J connectivity index is 0.000000156. The van der Waals surface area contributed by atoms with E-state index in [-0.39, 0.29) is 81.4 Å². The van der Waals surface area contributed by atoms with Crippen molar-refractivity contribution in [2.75, 3.05) is 60.6 Å². The van der Waals surface area contributed by atoms with E-state index in [2.05, 4.69) is 67.2 Å². The first-order chi connectivity index (χ1) is 58.2. The maximum absolute atomic E-state index is 13.5. The summed E-state index contributed by atoms with van der Waals surface area (Å²) in [5, 5.41) is 16.3. The highest BCUT2D eigenvalue weighted by Crippen LogP contribution is 2.61. The van der Waals surface area contributed by atoms with Gasteiger partial charge in [-0.25, -0.2) is 39.5 Å². The lowest BCUT2D eigenvalue weighted by atomic mass is 9.90. The molecule has 0 bridgehead atoms. The molecule has 0 radical (unpaired) electrons. The topological polar surface area (TPSA) is 396 Å². The van der Waals surface area contributed by atoms with Crippen LogP contribution < -0.4 is 46.9 Å². The second-order valence-electron chi connectivity index (χ2n) is 33.7. The second-order valence-corrected chi connectivity index (χ2v) is 33.7. The lowest BCUT2D eigenvalue weighted by Gasteiger charge is -2.31. The zero-order valence-corrected chi connectivity index (χ0v) is 70.4. The predicted octanol–water partition coefficient (Wildman–Crippen LogP) is 14.9. The number of amides is 7. The van der Waals surface area contributed by atoms with Crippen LogP contribution in [0.3, 0.4) is 0 Å². The molecule has 638 valence electrons. The number of carbonyl (C=O) groups excluding carboxylic acids is 8. The van der Waals surface area contributed by atoms with Crippen LogP contribution in [0, 0.1) is 34.0 Å². The number of rotatable bonds is 36. The fourth-order valence-corrected chi connectivity index (χ4v) is 18.1. The zero-order chi connectivity index (χ0) is 84.5. The highest BCUT2D eigenvalue weighted by Gasteiger charge is 2.61. The number of benzene rings is 3. The van der Waals surface area contributed by atoms with E-state index >= 15 is 0 Å². The third-order valence-corrected chi connectivity index (χ3v) is 26.0. The Morgan fingerprint density at radius 2 is 0.717 bits per heavy atom. The molecule has 11 N–H and O–H groups in total. The molecule has 3 aliphatic heterocycles. The normalized spacial score (nSPS) is 18.5. The molecule has 3 spiro atoms. The van der Waals surface area contributed by atoms with E-state index in [0.717, 1.165) is 207 Å². The maximum Gasteiger partial charge on any atom is 0.314 e. The number of carbonyl (C=O) groups is 8. The first kappa shape index (κ1) is 86.7. The number of hydrogen-bond donors (Lipinski definition) is 9. The number of fused-ring (bicyclic) bond motifs is 3. The van der Waals surface area contributed by atoms with Crippen molar-refractivity contribution in [3.05, 3.63) is 127 Å². The van der Waals surface area contributed by atoms with Gasteiger partial charge in [0.1, 0.15) is 34.8 Å². The molecule has 1 unspecified atom stereocenters. The van der Waals surface area contributed by atoms with Gasteiger partial charge in [0.05, 0.1) is 108 Å². The molecule has 28 nitrogen and oxygen atoms in total. The van der Waals surface area contributed by atoms with E-state index in [4.69, 9.17) is 30.7 Å². The van der Waals surface area contributed by atoms with Gasteiger partial charge in [-0.3, -0.25) is 28.8 Å². The van der Waals surface area contributed by atoms with Crippen molar-refractivity contribution < 1.29 is 52.6 Å². The number of unbranched alkanes of at least 4 members (excludes halogenated alkanes) is 6. The molecule has 9 aromatic rings. The number of imidazole rings is 3. The average molecular weight is 1640 g/mol. The van der Waals surface area contributed by atoms with Gasteiger partial charge >= 0.3 is 12.1 Å². The monoisotopic (exact) mass is 1640 g/mol. The minimum Gasteiger partial charge on any atom is -0.480 e. The molecular formula is C92H119N17O11. The SMILES string of the molecule is CCC(=O)CCCCC[C@H](NC(=O)C1CC12CCNCC2)c1ncc(-c2cc3ccccc3nc2OC)[nH]1.CCC(=O)CCCCC[C@H](NC(=O)[C@@H]1CC12CCN(C(N)=O)CC2)c1ncc(-c2cc3ccccc3nc2OC)[nH]1.CCC(=O)CCCCC[C@H](NC(=O)[C@H]1CC12CCN(C(N)=O)CC2)c1ncc(-c2cc3ccccc3nc2OC)[nH]1. The number of urea groups is 2. The third kappa shape index (κ3) is 21.2. The van der Waals surface area contributed by atoms with E-state index in [0.29, 0.717) is 113 Å². The molecule has 3 aliphatic carbocycles. The Kier molecular flexibility index (Phi) is 28.8. The fraction of sp³-hybridized carbons (Fsp3) is 0.522. The molecule has 3 saturated heterocycles. The van der Waals surface area contributed by atoms with Crippen LogP contribution >= 0.6 is 0 Å². The van der Waals surface area contributed by atoms with Gasteiger partial charge in [-0.05, 0) is 162 Å². The molecule has 6 atom stereocenters. The van der Waals surface area contributed by atoms with Gasteiger partial charge in [-0.2, -0.15) is 0 Å². The number of primary amides is 2. The van der Waals surface area contributed by atoms with Gasteiger partial charge in [0.15, 0.2) is 0 Å². The van der Waals surface area contributed by atoms with Crippen LogP contribution in [0.1, 0.15) is 230 Å². The van der Waals surface area contributed by atoms with Gasteiger partial charge in [0.25, 0.3) is 0 Å². The highest BCUT2D eigenvalue weighted by molar-refractivity contribution is 5.89. The van der Waals surface area contributed by atoms with Crippen molar-refractivity contribution in [3.8, 4) is 51.4 Å². The van der Waals surface area contributed by atoms with Crippen LogP contribution in [0.2, 0.25) is 0 Å². The number of nitrogens with zero attached hydrogens (tertiary/aromatic N) is 8. The number of methoxy groups -OCH3 is 3. The van der Waals surface area contributed by atoms with Gasteiger partial charge in [-0.1, -0.05) is 114 Å². The Labute approximate surface area is 701 Å². The molecule has 6 aromatic heterocycles. The number of aromatic nitrogens is 9. The van der Waals surface area contributed by atoms with Crippen molar-refractivity contribution in [3.63, 3.8) is 0 Å². The number of ketones is 3. The van der Waals surface area contributed by atoms with Crippen LogP contribution in [0.5, 0.6) is 17.6 Å². The molecule has 120 heavy (non-hydrogen) atoms. The van der Waals surface area contributed by atoms with Gasteiger partial charge in [-0.15, -0.1) is 0 Å². The highest BCUT2D eigenvalue weighted by atomic mass is 16.5. The molecule has 3 saturated carbocycles. The quantitative estimate of drug-likeness (QED) is 0.0165. The van der Waals surface area contributed by atoms with Crippen molar-refractivity contribution in [1.29, 1.82) is 0 Å². The second kappa shape index (κ2) is 39.8. The van der Waals surface area contributed by atoms with E-state index in [9.17, 15) is 38.4 Å². The van der Waals surface area contributed by atoms with Gasteiger partial charge in [0.2, 0.25) is 35.4 Å². The van der Waals surface area contributed by atoms with Crippen molar-refractivity contribution in [1.82, 2.24) is 75.9 Å². The summed E-state index contributed by atoms with van der Waals surface area (Å²) in [5.41, 5.74) is 18.3. The number of piperidine rings is 3. The van der Waals surface area contributed by atoms with Gasteiger partial charge in [0, 0.05) is 98.6 Å². The Morgan fingerprint density at radius 1 is 0.425 bits per heavy atom. The standard InChI is InChI=1S/2C31H40N6O4.C30H39N5O3/c2*1-3-21(38)10-5-4-6-12-25(35-28(39)23-18-31(23)13-15-37(16-14-31)30(32)40)27-33-19-26(34-27)22-17-20-9-7-8-11-24(20)36-29(22)41-2;1-3-21(36)10-5-4-6-12-25(34-28(37)23-18-30(23)13-15-31-16-14-30)27-32-19-26(33-27)22-17-20-9-7-8-11-24(20)35-29(22)38-2/h2*7-9,11,17,19,23,25H,3-6,10,12-16,18H2,1-2H3,(H2,32,40)(H,33,34)(H,35,39);7-9,11,17,19,23,25,31H,3-6,10,12-16,18H2,1-2H3,(H,32,33)(H,34,37)/t23-,25+;23-,25-;23?,25-/m100/s1. The summed E-state index contributed by atoms with van der Waals surface area (Å²) in [6, 6.07) is 28.2. The lowest BCUT2D eigenvalue weighted by Crippen LogP contribution is -2.43. The van der Waals surface area contributed by atoms with Crippen molar-refractivity contribution in [2.24, 2.45) is 45.5 Å². The molecule has 15 rings (SSSR count). The first-order valence-corrected chi connectivity index (χ1v) is 43.4. The average Bonchev–Trinajstić information content (AvgIpc) is 1.59. The number of likely N-dealkylation sites (tertiary alicyclic amines) is 2. The zero-order valence-electron chi connectivity index (χ0n) is 70.4. The number of nitrogens with two attached hydrogens (primary N) is 2. The number of pyridine rings is 3. The van der Waals surface area contributed by atoms with Gasteiger partial charge < -0.3 is 71.7 Å². The molecule has 6 fully saturated rings. The summed E-state index contributed by atoms with van der Waals surface area (Å²) in [4.78, 5) is 140. The maximum atomic E-state index is 13.5. The fourth-order valence-electron chi connectivity index (χ4n) is 18.1. The van der Waals surface area contributed by atoms with E-state index in [1.807, 2.05) is 106 Å². The molecule has 28 heteroatoms. The van der Waals surface area contributed by atoms with Crippen molar-refractivity contribution in [2.45, 2.75) is 212 Å². The van der Waals surface area contributed by atoms with Crippen LogP contribution in [0.25, 0.3) is 66.5 Å². The van der Waals surface area contributed by atoms with Crippen LogP contribution in [0.4, 0.5) is 9.59 Å². The lowest BCUT2D eigenvalue weighted by molar-refractivity contribution is -0.125. The van der Waals surface area contributed by atoms with Crippen LogP contribution in [0.15, 0.2) is 110 Å². The summed E-state index contributed by atoms with van der Waals surface area (Å²) in [5.74, 6) is 4.69. The van der Waals surface area contributed by atoms with Crippen LogP contribution in [-0.4, -0.2) is 162 Å². The molecule has 3 aromatic carbocycles. The number of para-hydroxylation sites is 3. The first-order valence-electron chi connectivity index (χ1n) is 43.4. The van der Waals surface area contributed by atoms with E-state index in [1.54, 1.807) is 49.7 Å². The Bertz CT molecular complexity index is 4880. The summed E-state index contributed by atoms with van der Waals surface area (Å²) < 4.78 is 16.8. The molecule has 6 aliphatic rings. The largest absolute Gasteiger partial charge is 0.480 e. The predicted molar refractivity (Wildman–Crippen MR) is 460 cm³/mol. The molecular weight excluding hydrogens is 1520 g/mol.